The summed E-state index contributed by atoms with van der Waals surface area (Å²) in [4.78, 5) is 0. The van der Waals surface area contributed by atoms with E-state index in [1.54, 1.807) is 24.3 Å². The van der Waals surface area contributed by atoms with Crippen molar-refractivity contribution in [3.05, 3.63) is 194 Å². The molecule has 0 amide bonds. The van der Waals surface area contributed by atoms with Crippen molar-refractivity contribution in [2.24, 2.45) is 0 Å². The predicted molar refractivity (Wildman–Crippen MR) is 247 cm³/mol. The molecule has 9 aromatic carbocycles. The Balaban J connectivity index is 1.10. The quantitative estimate of drug-likeness (QED) is 0.167. The average molecular weight is 790 g/mol. The number of benzene rings is 9. The van der Waals surface area contributed by atoms with Crippen molar-refractivity contribution >= 4 is 88.5 Å². The number of fused-ring (bicyclic) bond motifs is 13. The van der Waals surface area contributed by atoms with E-state index in [0.29, 0.717) is 10.9 Å². The summed E-state index contributed by atoms with van der Waals surface area (Å²) in [5, 5.41) is -1.15. The van der Waals surface area contributed by atoms with Gasteiger partial charge in [-0.1, -0.05) is 121 Å². The summed E-state index contributed by atoms with van der Waals surface area (Å²) in [6.45, 7) is -0.985. The molecule has 12 aromatic rings. The van der Waals surface area contributed by atoms with Gasteiger partial charge in [0.2, 0.25) is 0 Å². The van der Waals surface area contributed by atoms with Crippen molar-refractivity contribution in [3.63, 3.8) is 0 Å². The molecule has 0 N–H and O–H groups in total. The minimum Gasteiger partial charge on any atom is -0.458 e. The van der Waals surface area contributed by atoms with E-state index >= 15 is 0 Å². The van der Waals surface area contributed by atoms with Crippen LogP contribution in [0.15, 0.2) is 194 Å². The highest BCUT2D eigenvalue weighted by atomic mass is 16.5. The maximum atomic E-state index is 9.33. The van der Waals surface area contributed by atoms with Crippen molar-refractivity contribution in [2.75, 3.05) is 0 Å². The lowest BCUT2D eigenvalue weighted by atomic mass is 9.35. The number of nitrogens with zero attached hydrogens (tertiary/aromatic N) is 3. The maximum absolute atomic E-state index is 9.33. The summed E-state index contributed by atoms with van der Waals surface area (Å²) in [7, 11) is 0. The molecule has 0 atom stereocenters. The Kier molecular flexibility index (Phi) is 3.37. The average Bonchev–Trinajstić information content (AvgIpc) is 1.98. The number of rotatable bonds is 3. The second-order valence-corrected chi connectivity index (χ2v) is 14.3. The fourth-order valence-electron chi connectivity index (χ4n) is 8.92. The summed E-state index contributed by atoms with van der Waals surface area (Å²) in [6, 6.07) is -2.36. The van der Waals surface area contributed by atoms with E-state index in [0.717, 1.165) is 0 Å². The van der Waals surface area contributed by atoms with Gasteiger partial charge < -0.3 is 23.2 Å². The SMILES string of the molecule is [2H]c1c([2H])c([2H])c2c(c1[2H])c1c([2H])c([2H])c([2H])c([2H])c1n2-c1ccc2c(c1)Oc1ccc(-n3c4c([2H])c([2H])c([2H])c([2H])c4c4c([2H])c([2H])c([2H])c([2H])c43)c3c1B2c1ccc(-n2c4c([2H])c([2H])c([2H])c([2H])c4c4c([2H])c([2H])c([2H])c([2H])c42)cc1O3. The van der Waals surface area contributed by atoms with Gasteiger partial charge in [0.25, 0.3) is 6.71 Å². The van der Waals surface area contributed by atoms with Crippen LogP contribution in [-0.4, -0.2) is 20.4 Å². The fraction of sp³-hybridized carbons (Fsp3) is 0. The van der Waals surface area contributed by atoms with Gasteiger partial charge in [0.15, 0.2) is 0 Å². The first kappa shape index (κ1) is 17.1. The van der Waals surface area contributed by atoms with Crippen LogP contribution in [0.2, 0.25) is 0 Å². The zero-order valence-corrected chi connectivity index (χ0v) is 30.4. The summed E-state index contributed by atoms with van der Waals surface area (Å²) >= 11 is 0. The van der Waals surface area contributed by atoms with Crippen LogP contribution in [0.3, 0.4) is 0 Å². The Bertz CT molecular complexity index is 4980. The van der Waals surface area contributed by atoms with Gasteiger partial charge in [0.1, 0.15) is 23.0 Å². The van der Waals surface area contributed by atoms with Crippen LogP contribution in [0.1, 0.15) is 32.9 Å². The molecule has 2 aliphatic rings. The Hall–Kier alpha value is -7.96. The van der Waals surface area contributed by atoms with Gasteiger partial charge in [-0.2, -0.15) is 0 Å². The van der Waals surface area contributed by atoms with E-state index in [4.69, 9.17) is 36.9 Å². The van der Waals surface area contributed by atoms with Crippen LogP contribution < -0.4 is 25.9 Å². The van der Waals surface area contributed by atoms with E-state index < -0.39 is 152 Å². The summed E-state index contributed by atoms with van der Waals surface area (Å²) in [5.41, 5.74) is 0.0803. The van der Waals surface area contributed by atoms with Gasteiger partial charge in [-0.3, -0.25) is 0 Å². The summed E-state index contributed by atoms with van der Waals surface area (Å²) in [5.74, 6) is 0.168. The zero-order chi connectivity index (χ0) is 59.9. The topological polar surface area (TPSA) is 33.2 Å². The minimum atomic E-state index is -0.985. The van der Waals surface area contributed by atoms with E-state index in [9.17, 15) is 5.48 Å². The summed E-state index contributed by atoms with van der Waals surface area (Å²) in [6.07, 6.45) is 0. The van der Waals surface area contributed by atoms with Gasteiger partial charge in [0.05, 0.1) is 71.7 Å². The largest absolute Gasteiger partial charge is 0.458 e. The highest BCUT2D eigenvalue weighted by Gasteiger charge is 2.42. The predicted octanol–water partition coefficient (Wildman–Crippen LogP) is 11.7. The molecule has 0 bridgehead atoms. The number of para-hydroxylation sites is 6. The molecule has 2 aliphatic heterocycles. The molecule has 0 saturated carbocycles. The molecule has 5 heterocycles. The molecule has 0 fully saturated rings. The first-order valence-corrected chi connectivity index (χ1v) is 18.6. The molecule has 0 radical (unpaired) electrons. The van der Waals surface area contributed by atoms with Crippen molar-refractivity contribution in [1.82, 2.24) is 13.7 Å². The minimum absolute atomic E-state index is 0.0101. The van der Waals surface area contributed by atoms with Gasteiger partial charge in [-0.15, -0.1) is 0 Å². The normalized spacial score (nSPS) is 18.5. The van der Waals surface area contributed by atoms with Crippen LogP contribution in [0.4, 0.5) is 0 Å². The Morgan fingerprint density at radius 3 is 1.15 bits per heavy atom. The monoisotopic (exact) mass is 789 g/mol. The molecular formula is C54H32BN3O2. The highest BCUT2D eigenvalue weighted by Crippen LogP contribution is 2.43. The fourth-order valence-corrected chi connectivity index (χ4v) is 8.92. The molecule has 6 heteroatoms. The van der Waals surface area contributed by atoms with Crippen molar-refractivity contribution in [3.8, 4) is 40.1 Å². The van der Waals surface area contributed by atoms with E-state index in [1.807, 2.05) is 0 Å². The van der Waals surface area contributed by atoms with Gasteiger partial charge in [-0.05, 0) is 71.4 Å². The lowest BCUT2D eigenvalue weighted by molar-refractivity contribution is 0.463. The van der Waals surface area contributed by atoms with Crippen LogP contribution >= 0.6 is 0 Å². The molecule has 0 unspecified atom stereocenters. The molecule has 0 aliphatic carbocycles. The molecule has 0 spiro atoms. The van der Waals surface area contributed by atoms with Crippen LogP contribution in [0.25, 0.3) is 82.5 Å². The molecule has 60 heavy (non-hydrogen) atoms. The number of hydrogen-bond acceptors (Lipinski definition) is 2. The number of aromatic nitrogens is 3. The third kappa shape index (κ3) is 4.21. The molecule has 5 nitrogen and oxygen atoms in total. The number of hydrogen-bond donors (Lipinski definition) is 0. The standard InChI is InChI=1S/C54H32BN3O2/c1-7-19-43-35(13-1)36-14-2-8-20-44(36)56(43)33-25-27-41-51(31-33)59-50-30-29-49(58-47-23-11-5-17-39(47)40-18-6-12-24-48(40)58)54-53(50)55(41)42-28-26-34(32-52(42)60-54)57-45-21-9-3-15-37(45)38-16-4-10-22-46(38)57/h1-32H/i1D,2D,3D,4D,5D,6D,7D,8D,9D,10D,11D,12D,13D,14D,15D,16D,17D,18D,19D,20D,21D,22D,23D,24D. The number of ether oxygens (including phenoxy) is 2. The third-order valence-corrected chi connectivity index (χ3v) is 11.3. The van der Waals surface area contributed by atoms with E-state index in [2.05, 4.69) is 0 Å². The third-order valence-electron chi connectivity index (χ3n) is 11.3. The lowest BCUT2D eigenvalue weighted by Gasteiger charge is -2.34. The molecular weight excluding hydrogens is 733 g/mol. The molecule has 278 valence electrons. The van der Waals surface area contributed by atoms with Gasteiger partial charge in [0, 0.05) is 61.3 Å². The Labute approximate surface area is 378 Å². The van der Waals surface area contributed by atoms with Crippen LogP contribution in [0.5, 0.6) is 23.0 Å². The molecule has 0 saturated heterocycles. The van der Waals surface area contributed by atoms with E-state index in [1.165, 1.54) is 38.0 Å². The van der Waals surface area contributed by atoms with Crippen molar-refractivity contribution in [2.45, 2.75) is 0 Å². The van der Waals surface area contributed by atoms with Crippen molar-refractivity contribution in [1.29, 1.82) is 0 Å². The highest BCUT2D eigenvalue weighted by molar-refractivity contribution is 6.98. The van der Waals surface area contributed by atoms with Gasteiger partial charge >= 0.3 is 0 Å². The Morgan fingerprint density at radius 1 is 0.367 bits per heavy atom. The lowest BCUT2D eigenvalue weighted by Crippen LogP contribution is -2.57. The maximum Gasteiger partial charge on any atom is 0.260 e. The first-order chi connectivity index (χ1) is 39.7. The smallest absolute Gasteiger partial charge is 0.260 e. The Morgan fingerprint density at radius 2 is 0.733 bits per heavy atom. The summed E-state index contributed by atoms with van der Waals surface area (Å²) < 4.78 is 231. The molecule has 3 aromatic heterocycles. The van der Waals surface area contributed by atoms with Crippen LogP contribution in [-0.2, 0) is 0 Å². The van der Waals surface area contributed by atoms with Crippen molar-refractivity contribution < 1.29 is 42.4 Å². The van der Waals surface area contributed by atoms with Crippen LogP contribution in [0, 0.1) is 0 Å². The zero-order valence-electron chi connectivity index (χ0n) is 54.4. The van der Waals surface area contributed by atoms with Gasteiger partial charge in [-0.25, -0.2) is 0 Å². The first-order valence-electron chi connectivity index (χ1n) is 30.6. The van der Waals surface area contributed by atoms with E-state index in [-0.39, 0.29) is 111 Å². The second-order valence-electron chi connectivity index (χ2n) is 14.3. The second kappa shape index (κ2) is 11.8. The molecule has 14 rings (SSSR count).